The number of nitriles is 1. The van der Waals surface area contributed by atoms with Crippen LogP contribution >= 0.6 is 23.4 Å². The second kappa shape index (κ2) is 11.2. The van der Waals surface area contributed by atoms with Gasteiger partial charge in [-0.05, 0) is 61.5 Å². The molecule has 1 atom stereocenters. The van der Waals surface area contributed by atoms with Crippen molar-refractivity contribution in [2.24, 2.45) is 0 Å². The third-order valence-corrected chi connectivity index (χ3v) is 6.53. The Balaban J connectivity index is 1.57. The number of benzene rings is 2. The number of carbonyl (C=O) groups excluding carboxylic acids is 2. The van der Waals surface area contributed by atoms with Gasteiger partial charge in [0.1, 0.15) is 11.6 Å². The van der Waals surface area contributed by atoms with E-state index in [1.807, 2.05) is 0 Å². The van der Waals surface area contributed by atoms with Gasteiger partial charge in [0.25, 0.3) is 5.91 Å². The number of rotatable bonds is 7. The largest absolute Gasteiger partial charge is 0.468 e. The molecular formula is C26H20ClFN4O3S. The van der Waals surface area contributed by atoms with Crippen LogP contribution < -0.4 is 16.0 Å². The smallest absolute Gasteiger partial charge is 0.254 e. The summed E-state index contributed by atoms with van der Waals surface area (Å²) >= 11 is 7.11. The zero-order chi connectivity index (χ0) is 25.7. The fraction of sp³-hybridized carbons (Fsp3) is 0.115. The summed E-state index contributed by atoms with van der Waals surface area (Å²) in [7, 11) is 0. The maximum Gasteiger partial charge on any atom is 0.254 e. The van der Waals surface area contributed by atoms with Crippen LogP contribution in [0.2, 0.25) is 5.02 Å². The minimum absolute atomic E-state index is 0.00922. The van der Waals surface area contributed by atoms with E-state index >= 15 is 0 Å². The van der Waals surface area contributed by atoms with Crippen molar-refractivity contribution in [3.8, 4) is 6.07 Å². The molecule has 1 aliphatic rings. The molecule has 2 amide bonds. The summed E-state index contributed by atoms with van der Waals surface area (Å²) < 4.78 is 18.9. The van der Waals surface area contributed by atoms with Crippen LogP contribution in [-0.2, 0) is 9.59 Å². The first-order valence-electron chi connectivity index (χ1n) is 10.8. The minimum atomic E-state index is -0.801. The molecule has 3 N–H and O–H groups in total. The van der Waals surface area contributed by atoms with Crippen LogP contribution in [0.1, 0.15) is 18.6 Å². The predicted octanol–water partition coefficient (Wildman–Crippen LogP) is 5.78. The van der Waals surface area contributed by atoms with Gasteiger partial charge in [-0.3, -0.25) is 9.59 Å². The molecule has 36 heavy (non-hydrogen) atoms. The molecule has 0 spiro atoms. The van der Waals surface area contributed by atoms with E-state index in [0.29, 0.717) is 32.9 Å². The summed E-state index contributed by atoms with van der Waals surface area (Å²) in [5.74, 6) is -1.57. The van der Waals surface area contributed by atoms with Gasteiger partial charge in [0.2, 0.25) is 5.91 Å². The van der Waals surface area contributed by atoms with Gasteiger partial charge < -0.3 is 20.4 Å². The van der Waals surface area contributed by atoms with Gasteiger partial charge in [-0.15, -0.1) is 0 Å². The Morgan fingerprint density at radius 3 is 2.58 bits per heavy atom. The van der Waals surface area contributed by atoms with E-state index in [4.69, 9.17) is 16.0 Å². The molecule has 0 saturated carbocycles. The normalized spacial score (nSPS) is 15.2. The first-order valence-corrected chi connectivity index (χ1v) is 12.1. The summed E-state index contributed by atoms with van der Waals surface area (Å²) in [5.41, 5.74) is 1.97. The van der Waals surface area contributed by atoms with E-state index < -0.39 is 17.6 Å². The number of dihydropyridines is 1. The summed E-state index contributed by atoms with van der Waals surface area (Å²) in [6, 6.07) is 17.7. The van der Waals surface area contributed by atoms with Crippen molar-refractivity contribution in [2.75, 3.05) is 16.4 Å². The molecule has 2 heterocycles. The molecule has 4 rings (SSSR count). The Kier molecular flexibility index (Phi) is 7.78. The third kappa shape index (κ3) is 5.79. The summed E-state index contributed by atoms with van der Waals surface area (Å²) in [4.78, 5) is 25.8. The minimum Gasteiger partial charge on any atom is -0.468 e. The molecule has 2 aromatic carbocycles. The maximum atomic E-state index is 13.3. The lowest BCUT2D eigenvalue weighted by atomic mass is 9.85. The van der Waals surface area contributed by atoms with Gasteiger partial charge in [0, 0.05) is 22.1 Å². The Bertz CT molecular complexity index is 1400. The molecule has 7 nitrogen and oxygen atoms in total. The van der Waals surface area contributed by atoms with Crippen LogP contribution in [0.3, 0.4) is 0 Å². The average Bonchev–Trinajstić information content (AvgIpc) is 3.38. The Hall–Kier alpha value is -4.00. The fourth-order valence-electron chi connectivity index (χ4n) is 3.70. The number of halogens is 2. The molecule has 1 aliphatic heterocycles. The molecule has 182 valence electrons. The van der Waals surface area contributed by atoms with Crippen molar-refractivity contribution in [1.29, 1.82) is 5.26 Å². The molecule has 0 aliphatic carbocycles. The second-order valence-electron chi connectivity index (χ2n) is 7.77. The molecule has 0 radical (unpaired) electrons. The number of hydrogen-bond acceptors (Lipinski definition) is 6. The van der Waals surface area contributed by atoms with Crippen LogP contribution in [0, 0.1) is 17.1 Å². The molecule has 3 aromatic rings. The average molecular weight is 523 g/mol. The van der Waals surface area contributed by atoms with Gasteiger partial charge >= 0.3 is 0 Å². The van der Waals surface area contributed by atoms with E-state index in [1.54, 1.807) is 43.3 Å². The molecule has 0 saturated heterocycles. The number of nitrogens with one attached hydrogen (secondary N) is 3. The third-order valence-electron chi connectivity index (χ3n) is 5.28. The standard InChI is InChI=1S/C26H20ClFN4O3S/c1-15-23(25(34)32-18-9-7-17(28)8-10-18)24(21-6-3-11-35-21)20(13-29)26(30-15)36-14-22(33)31-19-5-2-4-16(27)12-19/h2-12,24,30H,14H2,1H3,(H,31,33)(H,32,34). The molecule has 10 heteroatoms. The Morgan fingerprint density at radius 1 is 1.14 bits per heavy atom. The number of carbonyl (C=O) groups is 2. The number of nitrogens with zero attached hydrogens (tertiary/aromatic N) is 1. The number of hydrogen-bond donors (Lipinski definition) is 3. The van der Waals surface area contributed by atoms with E-state index in [1.165, 1.54) is 30.5 Å². The summed E-state index contributed by atoms with van der Waals surface area (Å²) in [6.07, 6.45) is 1.46. The predicted molar refractivity (Wildman–Crippen MR) is 137 cm³/mol. The first kappa shape index (κ1) is 25.1. The SMILES string of the molecule is CC1=C(C(=O)Nc2ccc(F)cc2)C(c2ccco2)C(C#N)=C(SCC(=O)Nc2cccc(Cl)c2)N1. The topological polar surface area (TPSA) is 107 Å². The van der Waals surface area contributed by atoms with E-state index in [0.717, 1.165) is 11.8 Å². The zero-order valence-corrected chi connectivity index (χ0v) is 20.5. The number of anilines is 2. The number of amides is 2. The van der Waals surface area contributed by atoms with Gasteiger partial charge in [-0.25, -0.2) is 4.39 Å². The van der Waals surface area contributed by atoms with Crippen molar-refractivity contribution < 1.29 is 18.4 Å². The first-order chi connectivity index (χ1) is 17.4. The van der Waals surface area contributed by atoms with Gasteiger partial charge in [0.05, 0.1) is 40.2 Å². The fourth-order valence-corrected chi connectivity index (χ4v) is 4.78. The van der Waals surface area contributed by atoms with Crippen molar-refractivity contribution in [1.82, 2.24) is 5.32 Å². The van der Waals surface area contributed by atoms with E-state index in [2.05, 4.69) is 22.0 Å². The molecule has 1 unspecified atom stereocenters. The van der Waals surface area contributed by atoms with Crippen LogP contribution in [0.4, 0.5) is 15.8 Å². The highest BCUT2D eigenvalue weighted by Gasteiger charge is 2.36. The lowest BCUT2D eigenvalue weighted by Crippen LogP contribution is -2.31. The van der Waals surface area contributed by atoms with Crippen LogP contribution in [0.25, 0.3) is 0 Å². The van der Waals surface area contributed by atoms with Crippen LogP contribution in [0.5, 0.6) is 0 Å². The Morgan fingerprint density at radius 2 is 1.92 bits per heavy atom. The highest BCUT2D eigenvalue weighted by Crippen LogP contribution is 2.41. The monoisotopic (exact) mass is 522 g/mol. The zero-order valence-electron chi connectivity index (χ0n) is 19.0. The van der Waals surface area contributed by atoms with Crippen molar-refractivity contribution >= 4 is 46.6 Å². The van der Waals surface area contributed by atoms with Crippen molar-refractivity contribution in [3.63, 3.8) is 0 Å². The lowest BCUT2D eigenvalue weighted by Gasteiger charge is -2.28. The number of allylic oxidation sites excluding steroid dienone is 2. The van der Waals surface area contributed by atoms with Gasteiger partial charge in [0.15, 0.2) is 0 Å². The van der Waals surface area contributed by atoms with Gasteiger partial charge in [-0.1, -0.05) is 29.4 Å². The highest BCUT2D eigenvalue weighted by atomic mass is 35.5. The van der Waals surface area contributed by atoms with Crippen molar-refractivity contribution in [3.05, 3.63) is 105 Å². The van der Waals surface area contributed by atoms with E-state index in [-0.39, 0.29) is 22.8 Å². The molecule has 0 bridgehead atoms. The molecule has 0 fully saturated rings. The summed E-state index contributed by atoms with van der Waals surface area (Å²) in [6.45, 7) is 1.70. The molecular weight excluding hydrogens is 503 g/mol. The van der Waals surface area contributed by atoms with Crippen molar-refractivity contribution in [2.45, 2.75) is 12.8 Å². The quantitative estimate of drug-likeness (QED) is 0.363. The summed E-state index contributed by atoms with van der Waals surface area (Å²) in [5, 5.41) is 19.6. The van der Waals surface area contributed by atoms with Crippen LogP contribution in [0.15, 0.2) is 93.2 Å². The Labute approximate surface area is 216 Å². The second-order valence-corrected chi connectivity index (χ2v) is 9.20. The number of furan rings is 1. The number of thioether (sulfide) groups is 1. The lowest BCUT2D eigenvalue weighted by molar-refractivity contribution is -0.114. The molecule has 1 aromatic heterocycles. The van der Waals surface area contributed by atoms with E-state index in [9.17, 15) is 19.2 Å². The van der Waals surface area contributed by atoms with Crippen LogP contribution in [-0.4, -0.2) is 17.6 Å². The maximum absolute atomic E-state index is 13.3. The highest BCUT2D eigenvalue weighted by molar-refractivity contribution is 8.03. The van der Waals surface area contributed by atoms with Gasteiger partial charge in [-0.2, -0.15) is 5.26 Å².